The van der Waals surface area contributed by atoms with Crippen LogP contribution in [0.15, 0.2) is 23.3 Å². The third-order valence-electron chi connectivity index (χ3n) is 7.09. The quantitative estimate of drug-likeness (QED) is 0.0942. The van der Waals surface area contributed by atoms with Gasteiger partial charge in [0.1, 0.15) is 0 Å². The van der Waals surface area contributed by atoms with E-state index < -0.39 is 35.5 Å². The molecule has 0 N–H and O–H groups in total. The van der Waals surface area contributed by atoms with Gasteiger partial charge in [0.15, 0.2) is 11.6 Å². The van der Waals surface area contributed by atoms with E-state index in [0.29, 0.717) is 45.7 Å². The minimum atomic E-state index is -3.80. The predicted octanol–water partition coefficient (Wildman–Crippen LogP) is 7.65. The lowest BCUT2D eigenvalue weighted by Crippen LogP contribution is -2.40. The highest BCUT2D eigenvalue weighted by Gasteiger charge is 2.51. The molecule has 1 heterocycles. The van der Waals surface area contributed by atoms with Crippen LogP contribution in [0.1, 0.15) is 82.8 Å². The van der Waals surface area contributed by atoms with E-state index in [-0.39, 0.29) is 43.1 Å². The summed E-state index contributed by atoms with van der Waals surface area (Å²) in [5.41, 5.74) is -1.28. The maximum absolute atomic E-state index is 15.6. The molecule has 0 radical (unpaired) electrons. The molecule has 41 heavy (non-hydrogen) atoms. The van der Waals surface area contributed by atoms with Crippen LogP contribution in [-0.2, 0) is 26.7 Å². The second kappa shape index (κ2) is 17.0. The van der Waals surface area contributed by atoms with Gasteiger partial charge in [0.25, 0.3) is 12.3 Å². The Balaban J connectivity index is 1.54. The third-order valence-corrected chi connectivity index (χ3v) is 7.09. The first-order valence-corrected chi connectivity index (χ1v) is 14.8. The molecule has 3 rings (SSSR count). The molecule has 1 aliphatic heterocycles. The largest absolute Gasteiger partial charge is 0.490 e. The number of rotatable bonds is 19. The highest BCUT2D eigenvalue weighted by molar-refractivity contribution is 5.98. The number of halogens is 5. The summed E-state index contributed by atoms with van der Waals surface area (Å²) in [6.07, 6.45) is 7.26. The molecule has 2 aliphatic rings. The van der Waals surface area contributed by atoms with Gasteiger partial charge < -0.3 is 14.2 Å². The first-order valence-electron chi connectivity index (χ1n) is 14.8. The van der Waals surface area contributed by atoms with Crippen LogP contribution in [-0.4, -0.2) is 56.8 Å². The Labute approximate surface area is 239 Å². The second-order valence-corrected chi connectivity index (χ2v) is 10.3. The average Bonchev–Trinajstić information content (AvgIpc) is 2.94. The van der Waals surface area contributed by atoms with Crippen molar-refractivity contribution < 1.29 is 41.0 Å². The highest BCUT2D eigenvalue weighted by atomic mass is 19.3. The van der Waals surface area contributed by atoms with Gasteiger partial charge in [0.05, 0.1) is 30.4 Å². The molecule has 2 atom stereocenters. The zero-order valence-electron chi connectivity index (χ0n) is 24.1. The smallest absolute Gasteiger partial charge is 0.288 e. The standard InChI is InChI=1S/C30H43F5N2O4/c1-3-5-7-16-39-18-10-20-41-37-14-13-24(36-29(37)33)23-12-11-22-21-25(27(31)28(32)26(22)30(23,34)35)40-19-9-8-17-38-15-6-4-2/h13-14,21,23,29H,3-12,15-20H2,1-2H3. The van der Waals surface area contributed by atoms with E-state index in [1.165, 1.54) is 12.3 Å². The van der Waals surface area contributed by atoms with Gasteiger partial charge in [-0.2, -0.15) is 8.78 Å². The van der Waals surface area contributed by atoms with Gasteiger partial charge in [0, 0.05) is 32.6 Å². The number of aryl methyl sites for hydroxylation is 1. The van der Waals surface area contributed by atoms with Crippen LogP contribution in [0.3, 0.4) is 0 Å². The molecule has 0 amide bonds. The molecule has 0 bridgehead atoms. The van der Waals surface area contributed by atoms with Crippen molar-refractivity contribution in [3.8, 4) is 5.75 Å². The van der Waals surface area contributed by atoms with E-state index >= 15 is 13.2 Å². The Morgan fingerprint density at radius 3 is 2.24 bits per heavy atom. The molecule has 232 valence electrons. The van der Waals surface area contributed by atoms with Crippen LogP contribution in [0.5, 0.6) is 5.75 Å². The molecule has 1 aromatic rings. The summed E-state index contributed by atoms with van der Waals surface area (Å²) in [6.45, 7) is 6.77. The van der Waals surface area contributed by atoms with Crippen LogP contribution in [0.2, 0.25) is 0 Å². The molecule has 0 saturated carbocycles. The first-order chi connectivity index (χ1) is 19.8. The number of ether oxygens (including phenoxy) is 3. The van der Waals surface area contributed by atoms with Gasteiger partial charge in [-0.1, -0.05) is 33.1 Å². The third kappa shape index (κ3) is 9.38. The van der Waals surface area contributed by atoms with Crippen molar-refractivity contribution in [3.63, 3.8) is 0 Å². The molecular weight excluding hydrogens is 547 g/mol. The molecule has 1 aromatic carbocycles. The summed E-state index contributed by atoms with van der Waals surface area (Å²) >= 11 is 0. The van der Waals surface area contributed by atoms with E-state index in [4.69, 9.17) is 19.0 Å². The van der Waals surface area contributed by atoms with Crippen molar-refractivity contribution in [3.05, 3.63) is 41.1 Å². The summed E-state index contributed by atoms with van der Waals surface area (Å²) in [7, 11) is 0. The van der Waals surface area contributed by atoms with Gasteiger partial charge in [-0.15, -0.1) is 0 Å². The number of hydrogen-bond acceptors (Lipinski definition) is 6. The van der Waals surface area contributed by atoms with Crippen molar-refractivity contribution in [1.29, 1.82) is 0 Å². The number of allylic oxidation sites excluding steroid dienone is 1. The molecule has 6 nitrogen and oxygen atoms in total. The van der Waals surface area contributed by atoms with Gasteiger partial charge in [0.2, 0.25) is 5.82 Å². The minimum Gasteiger partial charge on any atom is -0.490 e. The molecule has 0 fully saturated rings. The van der Waals surface area contributed by atoms with Crippen LogP contribution in [0.4, 0.5) is 22.0 Å². The lowest BCUT2D eigenvalue weighted by Gasteiger charge is -2.35. The predicted molar refractivity (Wildman–Crippen MR) is 147 cm³/mol. The molecule has 0 spiro atoms. The number of hydroxylamine groups is 2. The first kappa shape index (κ1) is 33.3. The zero-order valence-corrected chi connectivity index (χ0v) is 24.1. The Morgan fingerprint density at radius 1 is 0.878 bits per heavy atom. The number of nitrogens with zero attached hydrogens (tertiary/aromatic N) is 2. The summed E-state index contributed by atoms with van der Waals surface area (Å²) < 4.78 is 92.0. The van der Waals surface area contributed by atoms with Crippen LogP contribution in [0.25, 0.3) is 0 Å². The fourth-order valence-corrected chi connectivity index (χ4v) is 4.78. The number of unbranched alkanes of at least 4 members (excludes halogenated alkanes) is 4. The molecule has 11 heteroatoms. The normalized spacial score (nSPS) is 19.8. The molecule has 0 saturated heterocycles. The highest BCUT2D eigenvalue weighted by Crippen LogP contribution is 2.48. The second-order valence-electron chi connectivity index (χ2n) is 10.3. The minimum absolute atomic E-state index is 0.0258. The fraction of sp³-hybridized carbons (Fsp3) is 0.700. The molecule has 2 unspecified atom stereocenters. The van der Waals surface area contributed by atoms with Gasteiger partial charge in [-0.05, 0) is 62.7 Å². The Bertz CT molecular complexity index is 1010. The van der Waals surface area contributed by atoms with E-state index in [0.717, 1.165) is 43.2 Å². The topological polar surface area (TPSA) is 52.5 Å². The number of alkyl halides is 3. The zero-order chi connectivity index (χ0) is 29.7. The van der Waals surface area contributed by atoms with E-state index in [1.807, 2.05) is 0 Å². The van der Waals surface area contributed by atoms with Gasteiger partial charge >= 0.3 is 0 Å². The Hall–Kier alpha value is -2.24. The van der Waals surface area contributed by atoms with Crippen molar-refractivity contribution in [2.24, 2.45) is 10.9 Å². The maximum atomic E-state index is 15.6. The number of benzene rings is 1. The van der Waals surface area contributed by atoms with Crippen molar-refractivity contribution >= 4 is 5.71 Å². The van der Waals surface area contributed by atoms with E-state index in [9.17, 15) is 8.78 Å². The Morgan fingerprint density at radius 2 is 1.54 bits per heavy atom. The number of fused-ring (bicyclic) bond motifs is 1. The van der Waals surface area contributed by atoms with Gasteiger partial charge in [-0.3, -0.25) is 4.84 Å². The number of hydrogen-bond donors (Lipinski definition) is 0. The summed E-state index contributed by atoms with van der Waals surface area (Å²) in [4.78, 5) is 9.11. The van der Waals surface area contributed by atoms with E-state index in [2.05, 4.69) is 18.8 Å². The molecule has 1 aliphatic carbocycles. The lowest BCUT2D eigenvalue weighted by atomic mass is 9.77. The van der Waals surface area contributed by atoms with Crippen molar-refractivity contribution in [1.82, 2.24) is 5.06 Å². The van der Waals surface area contributed by atoms with E-state index in [1.54, 1.807) is 0 Å². The van der Waals surface area contributed by atoms with Crippen LogP contribution in [0, 0.1) is 17.6 Å². The Kier molecular flexibility index (Phi) is 13.8. The molecule has 0 aromatic heterocycles. The van der Waals surface area contributed by atoms with Crippen molar-refractivity contribution in [2.75, 3.05) is 39.6 Å². The van der Waals surface area contributed by atoms with Crippen LogP contribution >= 0.6 is 0 Å². The monoisotopic (exact) mass is 590 g/mol. The summed E-state index contributed by atoms with van der Waals surface area (Å²) in [6, 6.07) is 1.15. The number of aliphatic imine (C=N–C) groups is 1. The lowest BCUT2D eigenvalue weighted by molar-refractivity contribution is -0.182. The average molecular weight is 591 g/mol. The van der Waals surface area contributed by atoms with Crippen LogP contribution < -0.4 is 4.74 Å². The summed E-state index contributed by atoms with van der Waals surface area (Å²) in [5.74, 6) is -8.90. The fourth-order valence-electron chi connectivity index (χ4n) is 4.78. The van der Waals surface area contributed by atoms with Gasteiger partial charge in [-0.25, -0.2) is 23.2 Å². The molecular formula is C30H43F5N2O4. The van der Waals surface area contributed by atoms with Crippen molar-refractivity contribution in [2.45, 2.75) is 90.4 Å². The maximum Gasteiger partial charge on any atom is 0.288 e. The summed E-state index contributed by atoms with van der Waals surface area (Å²) in [5, 5.41) is 0.844. The SMILES string of the molecule is CCCCCOCCCON1C=CC(C2CCc3cc(OCCCCOCCCC)c(F)c(F)c3C2(F)F)=NC1F.